The van der Waals surface area contributed by atoms with Crippen molar-refractivity contribution in [3.8, 4) is 6.07 Å². The minimum absolute atomic E-state index is 0.0169. The first kappa shape index (κ1) is 20.4. The van der Waals surface area contributed by atoms with Crippen molar-refractivity contribution in [3.05, 3.63) is 41.7 Å². The lowest BCUT2D eigenvalue weighted by Crippen LogP contribution is -2.11. The Labute approximate surface area is 171 Å². The summed E-state index contributed by atoms with van der Waals surface area (Å²) in [6, 6.07) is 9.55. The molecule has 0 bridgehead atoms. The lowest BCUT2D eigenvalue weighted by molar-refractivity contribution is -0.142. The van der Waals surface area contributed by atoms with Gasteiger partial charge < -0.3 is 19.0 Å². The molecular weight excluding hydrogens is 392 g/mol. The summed E-state index contributed by atoms with van der Waals surface area (Å²) in [5.74, 6) is 0.483. The predicted molar refractivity (Wildman–Crippen MR) is 108 cm³/mol. The normalized spacial score (nSPS) is 11.9. The lowest BCUT2D eigenvalue weighted by Gasteiger charge is -2.06. The van der Waals surface area contributed by atoms with Crippen LogP contribution in [-0.2, 0) is 30.0 Å². The molecule has 1 aromatic carbocycles. The summed E-state index contributed by atoms with van der Waals surface area (Å²) in [7, 11) is 3.53. The number of carbonyl (C=O) groups is 1. The summed E-state index contributed by atoms with van der Waals surface area (Å²) < 4.78 is 8.35. The molecule has 0 atom stereocenters. The minimum Gasteiger partial charge on any atom is -0.510 e. The van der Waals surface area contributed by atoms with Crippen LogP contribution in [0.4, 0.5) is 0 Å². The summed E-state index contributed by atoms with van der Waals surface area (Å²) in [6.45, 7) is 2.04. The Bertz CT molecular complexity index is 1120. The summed E-state index contributed by atoms with van der Waals surface area (Å²) in [5.41, 5.74) is 1.72. The van der Waals surface area contributed by atoms with Gasteiger partial charge in [0.05, 0.1) is 23.4 Å². The number of thioether (sulfide) groups is 1. The van der Waals surface area contributed by atoms with Gasteiger partial charge in [-0.3, -0.25) is 4.79 Å². The van der Waals surface area contributed by atoms with Crippen LogP contribution in [0.15, 0.2) is 35.2 Å². The molecule has 0 aliphatic heterocycles. The number of aliphatic hydroxyl groups excluding tert-OH is 1. The smallest absolute Gasteiger partial charge is 0.313 e. The number of carbonyl (C=O) groups excluding carboxylic acids is 1. The molecule has 3 aromatic rings. The molecule has 0 amide bonds. The van der Waals surface area contributed by atoms with E-state index in [1.807, 2.05) is 30.3 Å². The van der Waals surface area contributed by atoms with Crippen molar-refractivity contribution >= 4 is 34.3 Å². The number of aryl methyl sites for hydroxylation is 1. The van der Waals surface area contributed by atoms with E-state index in [2.05, 4.69) is 15.2 Å². The Morgan fingerprint density at radius 2 is 2.03 bits per heavy atom. The molecule has 0 aliphatic carbocycles. The number of para-hydroxylation sites is 2. The quantitative estimate of drug-likeness (QED) is 0.272. The lowest BCUT2D eigenvalue weighted by atomic mass is 10.2. The van der Waals surface area contributed by atoms with Crippen LogP contribution in [0.3, 0.4) is 0 Å². The minimum atomic E-state index is -0.379. The molecule has 10 heteroatoms. The molecule has 150 valence electrons. The fraction of sp³-hybridized carbons (Fsp3) is 0.316. The fourth-order valence-electron chi connectivity index (χ4n) is 2.78. The first-order chi connectivity index (χ1) is 14.0. The molecule has 0 radical (unpaired) electrons. The van der Waals surface area contributed by atoms with Crippen LogP contribution in [-0.4, -0.2) is 47.8 Å². The van der Waals surface area contributed by atoms with Gasteiger partial charge in [0, 0.05) is 14.1 Å². The van der Waals surface area contributed by atoms with E-state index in [4.69, 9.17) is 4.74 Å². The first-order valence-electron chi connectivity index (χ1n) is 8.87. The highest BCUT2D eigenvalue weighted by Gasteiger charge is 2.18. The molecule has 0 saturated heterocycles. The van der Waals surface area contributed by atoms with Crippen molar-refractivity contribution in [3.63, 3.8) is 0 Å². The molecule has 1 N–H and O–H groups in total. The van der Waals surface area contributed by atoms with Crippen LogP contribution < -0.4 is 0 Å². The van der Waals surface area contributed by atoms with Crippen LogP contribution in [0.2, 0.25) is 0 Å². The van der Waals surface area contributed by atoms with Crippen molar-refractivity contribution in [1.82, 2.24) is 24.3 Å². The van der Waals surface area contributed by atoms with Gasteiger partial charge in [0.25, 0.3) is 0 Å². The maximum absolute atomic E-state index is 11.6. The highest BCUT2D eigenvalue weighted by atomic mass is 32.2. The number of hydrogen-bond donors (Lipinski definition) is 1. The molecule has 0 unspecified atom stereocenters. The van der Waals surface area contributed by atoms with E-state index < -0.39 is 0 Å². The summed E-state index contributed by atoms with van der Waals surface area (Å²) in [4.78, 5) is 16.1. The number of aromatic nitrogens is 5. The van der Waals surface area contributed by atoms with Gasteiger partial charge in [0.1, 0.15) is 29.6 Å². The highest BCUT2D eigenvalue weighted by Crippen LogP contribution is 2.25. The largest absolute Gasteiger partial charge is 0.510 e. The number of fused-ring (bicyclic) bond motifs is 1. The molecule has 3 rings (SSSR count). The number of nitriles is 1. The van der Waals surface area contributed by atoms with Crippen molar-refractivity contribution < 1.29 is 14.6 Å². The van der Waals surface area contributed by atoms with Gasteiger partial charge in [-0.15, -0.1) is 10.2 Å². The zero-order valence-electron chi connectivity index (χ0n) is 16.3. The second kappa shape index (κ2) is 8.79. The van der Waals surface area contributed by atoms with Crippen LogP contribution in [0, 0.1) is 11.3 Å². The van der Waals surface area contributed by atoms with Crippen LogP contribution in [0.1, 0.15) is 18.6 Å². The van der Waals surface area contributed by atoms with Crippen molar-refractivity contribution in [2.45, 2.75) is 18.5 Å². The molecule has 2 heterocycles. The number of allylic oxidation sites excluding steroid dienone is 1. The average Bonchev–Trinajstić information content (AvgIpc) is 3.22. The van der Waals surface area contributed by atoms with Crippen LogP contribution in [0.25, 0.3) is 16.6 Å². The number of nitrogens with zero attached hydrogens (tertiary/aromatic N) is 6. The maximum Gasteiger partial charge on any atom is 0.313 e. The first-order valence-corrected chi connectivity index (χ1v) is 9.85. The molecule has 2 aromatic heterocycles. The number of esters is 1. The third kappa shape index (κ3) is 4.25. The van der Waals surface area contributed by atoms with Crippen molar-refractivity contribution in [2.24, 2.45) is 14.1 Å². The third-order valence-corrected chi connectivity index (χ3v) is 5.31. The van der Waals surface area contributed by atoms with Crippen LogP contribution in [0.5, 0.6) is 0 Å². The van der Waals surface area contributed by atoms with Crippen molar-refractivity contribution in [1.29, 1.82) is 5.26 Å². The maximum atomic E-state index is 11.6. The van der Waals surface area contributed by atoms with Gasteiger partial charge in [-0.25, -0.2) is 4.98 Å². The zero-order chi connectivity index (χ0) is 21.0. The number of hydrogen-bond acceptors (Lipinski definition) is 8. The summed E-state index contributed by atoms with van der Waals surface area (Å²) in [5, 5.41) is 28.7. The van der Waals surface area contributed by atoms with E-state index in [0.29, 0.717) is 23.4 Å². The Morgan fingerprint density at radius 1 is 1.28 bits per heavy atom. The topological polar surface area (TPSA) is 119 Å². The van der Waals surface area contributed by atoms with Gasteiger partial charge in [-0.1, -0.05) is 23.9 Å². The van der Waals surface area contributed by atoms with E-state index in [0.717, 1.165) is 11.0 Å². The molecule has 0 spiro atoms. The molecule has 29 heavy (non-hydrogen) atoms. The predicted octanol–water partition coefficient (Wildman–Crippen LogP) is 2.39. The Balaban J connectivity index is 1.79. The SMILES string of the molecule is CCOC(=O)Cc1nnc(SC/C(O)=C(\C#N)c2nc3ccccc3n2C)n1C. The molecule has 9 nitrogen and oxygen atoms in total. The number of rotatable bonds is 7. The summed E-state index contributed by atoms with van der Waals surface area (Å²) >= 11 is 1.21. The summed E-state index contributed by atoms with van der Waals surface area (Å²) in [6.07, 6.45) is 0.0169. The second-order valence-corrected chi connectivity index (χ2v) is 7.09. The Hall–Kier alpha value is -3.32. The molecule has 0 aliphatic rings. The standard InChI is InChI=1S/C19H20N6O3S/c1-4-28-17(27)9-16-22-23-19(25(16)3)29-11-15(26)12(10-20)18-21-13-7-5-6-8-14(13)24(18)2/h5-8,26H,4,9,11H2,1-3H3/b15-12-. The Morgan fingerprint density at radius 3 is 2.72 bits per heavy atom. The molecular formula is C19H20N6O3S. The number of aliphatic hydroxyl groups is 1. The number of imidazole rings is 1. The number of benzene rings is 1. The third-order valence-electron chi connectivity index (χ3n) is 4.28. The fourth-order valence-corrected chi connectivity index (χ4v) is 3.59. The van der Waals surface area contributed by atoms with Crippen LogP contribution >= 0.6 is 11.8 Å². The van der Waals surface area contributed by atoms with E-state index in [1.54, 1.807) is 30.2 Å². The monoisotopic (exact) mass is 412 g/mol. The highest BCUT2D eigenvalue weighted by molar-refractivity contribution is 7.99. The van der Waals surface area contributed by atoms with Crippen molar-refractivity contribution in [2.75, 3.05) is 12.4 Å². The zero-order valence-corrected chi connectivity index (χ0v) is 17.1. The molecule has 0 saturated carbocycles. The van der Waals surface area contributed by atoms with Gasteiger partial charge in [0.15, 0.2) is 11.0 Å². The van der Waals surface area contributed by atoms with Gasteiger partial charge in [0.2, 0.25) is 0 Å². The Kier molecular flexibility index (Phi) is 6.19. The van der Waals surface area contributed by atoms with E-state index in [1.165, 1.54) is 11.8 Å². The van der Waals surface area contributed by atoms with Gasteiger partial charge in [-0.2, -0.15) is 5.26 Å². The molecule has 0 fully saturated rings. The van der Waals surface area contributed by atoms with Gasteiger partial charge >= 0.3 is 5.97 Å². The van der Waals surface area contributed by atoms with E-state index in [-0.39, 0.29) is 29.5 Å². The average molecular weight is 412 g/mol. The van der Waals surface area contributed by atoms with E-state index in [9.17, 15) is 15.2 Å². The second-order valence-electron chi connectivity index (χ2n) is 6.14. The van der Waals surface area contributed by atoms with Gasteiger partial charge in [-0.05, 0) is 19.1 Å². The van der Waals surface area contributed by atoms with E-state index >= 15 is 0 Å². The number of ether oxygens (including phenoxy) is 1.